The van der Waals surface area contributed by atoms with Gasteiger partial charge in [0.05, 0.1) is 0 Å². The Hall–Kier alpha value is -2.06. The number of nitrogens with zero attached hydrogens (tertiary/aromatic N) is 4. The second kappa shape index (κ2) is 7.09. The molecule has 0 aliphatic heterocycles. The molecular formula is C16H18N4S. The maximum absolute atomic E-state index is 9.46. The highest BCUT2D eigenvalue weighted by atomic mass is 32.2. The standard InChI is InChI=1S/C16H18N4S/c1-4-20(5-2)15-13(11-17)16(21-3)19-14(18-15)12-9-7-6-8-10-12/h6-10H,4-5H2,1-3H3. The van der Waals surface area contributed by atoms with Gasteiger partial charge in [-0.3, -0.25) is 0 Å². The first-order valence-corrected chi connectivity index (χ1v) is 8.14. The van der Waals surface area contributed by atoms with Crippen molar-refractivity contribution in [3.05, 3.63) is 35.9 Å². The van der Waals surface area contributed by atoms with E-state index >= 15 is 0 Å². The summed E-state index contributed by atoms with van der Waals surface area (Å²) in [7, 11) is 0. The summed E-state index contributed by atoms with van der Waals surface area (Å²) in [6, 6.07) is 12.1. The number of rotatable bonds is 5. The Morgan fingerprint density at radius 3 is 2.33 bits per heavy atom. The van der Waals surface area contributed by atoms with Crippen molar-refractivity contribution < 1.29 is 0 Å². The van der Waals surface area contributed by atoms with Crippen molar-refractivity contribution in [1.29, 1.82) is 5.26 Å². The van der Waals surface area contributed by atoms with Crippen molar-refractivity contribution in [2.45, 2.75) is 18.9 Å². The van der Waals surface area contributed by atoms with Crippen molar-refractivity contribution >= 4 is 17.6 Å². The maximum Gasteiger partial charge on any atom is 0.162 e. The van der Waals surface area contributed by atoms with Crippen LogP contribution in [0.4, 0.5) is 5.82 Å². The minimum Gasteiger partial charge on any atom is -0.356 e. The molecule has 1 aromatic heterocycles. The summed E-state index contributed by atoms with van der Waals surface area (Å²) in [4.78, 5) is 11.3. The number of hydrogen-bond acceptors (Lipinski definition) is 5. The third-order valence-electron chi connectivity index (χ3n) is 3.26. The molecule has 2 rings (SSSR count). The molecule has 0 spiro atoms. The molecule has 2 aromatic rings. The van der Waals surface area contributed by atoms with Gasteiger partial charge in [0.2, 0.25) is 0 Å². The van der Waals surface area contributed by atoms with Crippen LogP contribution in [0.2, 0.25) is 0 Å². The van der Waals surface area contributed by atoms with Gasteiger partial charge in [0.1, 0.15) is 16.7 Å². The van der Waals surface area contributed by atoms with Gasteiger partial charge in [0, 0.05) is 18.7 Å². The fourth-order valence-electron chi connectivity index (χ4n) is 2.14. The molecule has 1 aromatic carbocycles. The van der Waals surface area contributed by atoms with Crippen LogP contribution in [0.1, 0.15) is 19.4 Å². The summed E-state index contributed by atoms with van der Waals surface area (Å²) in [5.41, 5.74) is 1.52. The molecule has 21 heavy (non-hydrogen) atoms. The first-order chi connectivity index (χ1) is 10.2. The van der Waals surface area contributed by atoms with Crippen LogP contribution in [0.5, 0.6) is 0 Å². The van der Waals surface area contributed by atoms with Crippen LogP contribution in [0.3, 0.4) is 0 Å². The average Bonchev–Trinajstić information content (AvgIpc) is 2.56. The van der Waals surface area contributed by atoms with Gasteiger partial charge < -0.3 is 4.90 Å². The second-order valence-electron chi connectivity index (χ2n) is 4.41. The fraction of sp³-hybridized carbons (Fsp3) is 0.312. The fourth-order valence-corrected chi connectivity index (χ4v) is 2.66. The molecule has 0 bridgehead atoms. The number of hydrogen-bond donors (Lipinski definition) is 0. The Kier molecular flexibility index (Phi) is 5.18. The van der Waals surface area contributed by atoms with E-state index in [0.29, 0.717) is 11.4 Å². The summed E-state index contributed by atoms with van der Waals surface area (Å²) in [5, 5.41) is 10.2. The summed E-state index contributed by atoms with van der Waals surface area (Å²) in [5.74, 6) is 1.39. The number of benzene rings is 1. The van der Waals surface area contributed by atoms with Gasteiger partial charge >= 0.3 is 0 Å². The zero-order chi connectivity index (χ0) is 15.2. The van der Waals surface area contributed by atoms with Crippen LogP contribution in [0.25, 0.3) is 11.4 Å². The minimum atomic E-state index is 0.561. The topological polar surface area (TPSA) is 52.8 Å². The van der Waals surface area contributed by atoms with E-state index in [1.807, 2.05) is 36.6 Å². The molecule has 1 heterocycles. The van der Waals surface area contributed by atoms with Crippen molar-refractivity contribution in [3.8, 4) is 17.5 Å². The van der Waals surface area contributed by atoms with E-state index in [2.05, 4.69) is 34.8 Å². The molecule has 0 saturated heterocycles. The molecule has 0 N–H and O–H groups in total. The van der Waals surface area contributed by atoms with Gasteiger partial charge in [-0.1, -0.05) is 30.3 Å². The van der Waals surface area contributed by atoms with E-state index in [1.165, 1.54) is 11.8 Å². The van der Waals surface area contributed by atoms with Crippen LogP contribution in [-0.4, -0.2) is 29.3 Å². The molecule has 0 radical (unpaired) electrons. The molecule has 0 fully saturated rings. The number of aromatic nitrogens is 2. The lowest BCUT2D eigenvalue weighted by Crippen LogP contribution is -2.24. The Bertz CT molecular complexity index is 645. The highest BCUT2D eigenvalue weighted by Gasteiger charge is 2.18. The SMILES string of the molecule is CCN(CC)c1nc(-c2ccccc2)nc(SC)c1C#N. The third kappa shape index (κ3) is 3.17. The first kappa shape index (κ1) is 15.3. The lowest BCUT2D eigenvalue weighted by Gasteiger charge is -2.22. The Balaban J connectivity index is 2.65. The molecular weight excluding hydrogens is 280 g/mol. The van der Waals surface area contributed by atoms with Crippen LogP contribution < -0.4 is 4.90 Å². The second-order valence-corrected chi connectivity index (χ2v) is 5.20. The summed E-state index contributed by atoms with van der Waals surface area (Å²) in [6.07, 6.45) is 1.93. The predicted octanol–water partition coefficient (Wildman–Crippen LogP) is 3.58. The Morgan fingerprint density at radius 1 is 1.14 bits per heavy atom. The van der Waals surface area contributed by atoms with Gasteiger partial charge in [0.15, 0.2) is 11.6 Å². The lowest BCUT2D eigenvalue weighted by molar-refractivity contribution is 0.831. The quantitative estimate of drug-likeness (QED) is 0.624. The molecule has 0 atom stereocenters. The van der Waals surface area contributed by atoms with Crippen molar-refractivity contribution in [2.75, 3.05) is 24.2 Å². The molecule has 0 aliphatic carbocycles. The molecule has 108 valence electrons. The van der Waals surface area contributed by atoms with E-state index in [9.17, 15) is 5.26 Å². The van der Waals surface area contributed by atoms with Crippen LogP contribution in [0.15, 0.2) is 35.4 Å². The molecule has 0 unspecified atom stereocenters. The lowest BCUT2D eigenvalue weighted by atomic mass is 10.2. The smallest absolute Gasteiger partial charge is 0.162 e. The third-order valence-corrected chi connectivity index (χ3v) is 3.94. The normalized spacial score (nSPS) is 10.2. The zero-order valence-electron chi connectivity index (χ0n) is 12.5. The minimum absolute atomic E-state index is 0.561. The van der Waals surface area contributed by atoms with E-state index in [4.69, 9.17) is 0 Å². The van der Waals surface area contributed by atoms with Gasteiger partial charge in [-0.05, 0) is 20.1 Å². The highest BCUT2D eigenvalue weighted by Crippen LogP contribution is 2.29. The van der Waals surface area contributed by atoms with Crippen molar-refractivity contribution in [1.82, 2.24) is 9.97 Å². The van der Waals surface area contributed by atoms with Crippen molar-refractivity contribution in [3.63, 3.8) is 0 Å². The molecule has 0 saturated carbocycles. The highest BCUT2D eigenvalue weighted by molar-refractivity contribution is 7.98. The van der Waals surface area contributed by atoms with Crippen molar-refractivity contribution in [2.24, 2.45) is 0 Å². The number of thioether (sulfide) groups is 1. The monoisotopic (exact) mass is 298 g/mol. The van der Waals surface area contributed by atoms with Gasteiger partial charge in [0.25, 0.3) is 0 Å². The first-order valence-electron chi connectivity index (χ1n) is 6.91. The zero-order valence-corrected chi connectivity index (χ0v) is 13.3. The van der Waals surface area contributed by atoms with Crippen LogP contribution in [-0.2, 0) is 0 Å². The predicted molar refractivity (Wildman–Crippen MR) is 87.5 cm³/mol. The van der Waals surface area contributed by atoms with Gasteiger partial charge in [-0.2, -0.15) is 5.26 Å². The maximum atomic E-state index is 9.46. The Morgan fingerprint density at radius 2 is 1.81 bits per heavy atom. The largest absolute Gasteiger partial charge is 0.356 e. The van der Waals surface area contributed by atoms with E-state index in [0.717, 1.165) is 29.5 Å². The summed E-state index contributed by atoms with van der Waals surface area (Å²) >= 11 is 1.48. The van der Waals surface area contributed by atoms with E-state index in [1.54, 1.807) is 0 Å². The summed E-state index contributed by atoms with van der Waals surface area (Å²) < 4.78 is 0. The molecule has 0 amide bonds. The van der Waals surface area contributed by atoms with Gasteiger partial charge in [-0.25, -0.2) is 9.97 Å². The van der Waals surface area contributed by atoms with E-state index < -0.39 is 0 Å². The van der Waals surface area contributed by atoms with Crippen LogP contribution >= 0.6 is 11.8 Å². The Labute approximate surface area is 129 Å². The number of nitriles is 1. The summed E-state index contributed by atoms with van der Waals surface area (Å²) in [6.45, 7) is 5.75. The average molecular weight is 298 g/mol. The van der Waals surface area contributed by atoms with E-state index in [-0.39, 0.29) is 0 Å². The number of anilines is 1. The van der Waals surface area contributed by atoms with Crippen LogP contribution in [0, 0.1) is 11.3 Å². The molecule has 0 aliphatic rings. The molecule has 5 heteroatoms. The van der Waals surface area contributed by atoms with Gasteiger partial charge in [-0.15, -0.1) is 11.8 Å². The molecule has 4 nitrogen and oxygen atoms in total.